The number of nitrogens with zero attached hydrogens (tertiary/aromatic N) is 1. The molecule has 0 radical (unpaired) electrons. The molecule has 1 amide bonds. The molecule has 0 aliphatic carbocycles. The molecule has 120 valence electrons. The highest BCUT2D eigenvalue weighted by Gasteiger charge is 2.25. The van der Waals surface area contributed by atoms with Crippen LogP contribution in [-0.2, 0) is 20.7 Å². The van der Waals surface area contributed by atoms with Crippen molar-refractivity contribution in [3.05, 3.63) is 34.9 Å². The predicted octanol–water partition coefficient (Wildman–Crippen LogP) is 2.93. The van der Waals surface area contributed by atoms with E-state index in [1.54, 1.807) is 29.2 Å². The summed E-state index contributed by atoms with van der Waals surface area (Å²) in [6, 6.07) is 7.01. The van der Waals surface area contributed by atoms with Crippen LogP contribution < -0.4 is 0 Å². The van der Waals surface area contributed by atoms with E-state index in [1.807, 2.05) is 0 Å². The number of piperidine rings is 1. The summed E-state index contributed by atoms with van der Waals surface area (Å²) in [7, 11) is 0. The summed E-state index contributed by atoms with van der Waals surface area (Å²) in [6.45, 7) is 5.60. The summed E-state index contributed by atoms with van der Waals surface area (Å²) >= 11 is 5.79. The SMILES string of the molecule is C[C@H]1C[C@H](C)CN(C(=O)COC(=O)Cc2ccc(Cl)cc2)C1. The molecule has 0 saturated carbocycles. The zero-order chi connectivity index (χ0) is 16.1. The molecule has 2 rings (SSSR count). The summed E-state index contributed by atoms with van der Waals surface area (Å²) in [5.41, 5.74) is 0.821. The molecule has 5 heteroatoms. The fourth-order valence-electron chi connectivity index (χ4n) is 2.92. The molecule has 0 aromatic heterocycles. The Morgan fingerprint density at radius 1 is 1.18 bits per heavy atom. The number of carbonyl (C=O) groups is 2. The first kappa shape index (κ1) is 16.8. The molecule has 1 fully saturated rings. The fraction of sp³-hybridized carbons (Fsp3) is 0.529. The van der Waals surface area contributed by atoms with E-state index in [-0.39, 0.29) is 18.9 Å². The van der Waals surface area contributed by atoms with Crippen LogP contribution in [0.1, 0.15) is 25.8 Å². The largest absolute Gasteiger partial charge is 0.455 e. The van der Waals surface area contributed by atoms with Crippen molar-refractivity contribution in [3.63, 3.8) is 0 Å². The molecular formula is C17H22ClNO3. The lowest BCUT2D eigenvalue weighted by Gasteiger charge is -2.34. The van der Waals surface area contributed by atoms with Gasteiger partial charge >= 0.3 is 5.97 Å². The molecular weight excluding hydrogens is 302 g/mol. The zero-order valence-corrected chi connectivity index (χ0v) is 13.8. The van der Waals surface area contributed by atoms with Gasteiger partial charge in [0.15, 0.2) is 6.61 Å². The topological polar surface area (TPSA) is 46.6 Å². The van der Waals surface area contributed by atoms with Gasteiger partial charge in [-0.1, -0.05) is 37.6 Å². The van der Waals surface area contributed by atoms with Crippen LogP contribution in [0.3, 0.4) is 0 Å². The molecule has 0 spiro atoms. The molecule has 1 aliphatic heterocycles. The number of esters is 1. The van der Waals surface area contributed by atoms with Crippen LogP contribution in [-0.4, -0.2) is 36.5 Å². The number of carbonyl (C=O) groups excluding carboxylic acids is 2. The maximum Gasteiger partial charge on any atom is 0.310 e. The normalized spacial score (nSPS) is 21.5. The minimum absolute atomic E-state index is 0.108. The Balaban J connectivity index is 1.78. The second-order valence-electron chi connectivity index (χ2n) is 6.21. The Morgan fingerprint density at radius 3 is 2.36 bits per heavy atom. The van der Waals surface area contributed by atoms with E-state index in [0.717, 1.165) is 25.1 Å². The molecule has 0 N–H and O–H groups in total. The molecule has 0 bridgehead atoms. The Hall–Kier alpha value is -1.55. The number of rotatable bonds is 4. The highest BCUT2D eigenvalue weighted by molar-refractivity contribution is 6.30. The van der Waals surface area contributed by atoms with E-state index < -0.39 is 5.97 Å². The zero-order valence-electron chi connectivity index (χ0n) is 13.0. The van der Waals surface area contributed by atoms with Gasteiger partial charge in [-0.3, -0.25) is 9.59 Å². The highest BCUT2D eigenvalue weighted by Crippen LogP contribution is 2.20. The predicted molar refractivity (Wildman–Crippen MR) is 85.6 cm³/mol. The molecule has 4 nitrogen and oxygen atoms in total. The van der Waals surface area contributed by atoms with Gasteiger partial charge in [0, 0.05) is 18.1 Å². The summed E-state index contributed by atoms with van der Waals surface area (Å²) in [5, 5.41) is 0.626. The highest BCUT2D eigenvalue weighted by atomic mass is 35.5. The van der Waals surface area contributed by atoms with Gasteiger partial charge in [-0.25, -0.2) is 0 Å². The lowest BCUT2D eigenvalue weighted by Crippen LogP contribution is -2.44. The first-order chi connectivity index (χ1) is 10.4. The molecule has 2 atom stereocenters. The number of amides is 1. The number of hydrogen-bond acceptors (Lipinski definition) is 3. The van der Waals surface area contributed by atoms with Crippen molar-refractivity contribution < 1.29 is 14.3 Å². The number of halogens is 1. The first-order valence-electron chi connectivity index (χ1n) is 7.62. The lowest BCUT2D eigenvalue weighted by atomic mass is 9.92. The van der Waals surface area contributed by atoms with Crippen LogP contribution in [0.15, 0.2) is 24.3 Å². The van der Waals surface area contributed by atoms with Crippen molar-refractivity contribution in [1.29, 1.82) is 0 Å². The molecule has 0 unspecified atom stereocenters. The maximum atomic E-state index is 12.1. The maximum absolute atomic E-state index is 12.1. The molecule has 1 aromatic carbocycles. The number of likely N-dealkylation sites (tertiary alicyclic amines) is 1. The number of hydrogen-bond donors (Lipinski definition) is 0. The van der Waals surface area contributed by atoms with Gasteiger partial charge in [-0.05, 0) is 36.0 Å². The van der Waals surface area contributed by atoms with E-state index in [2.05, 4.69) is 13.8 Å². The molecule has 1 aromatic rings. The van der Waals surface area contributed by atoms with Crippen LogP contribution >= 0.6 is 11.6 Å². The first-order valence-corrected chi connectivity index (χ1v) is 7.99. The second-order valence-corrected chi connectivity index (χ2v) is 6.65. The number of ether oxygens (including phenoxy) is 1. The van der Waals surface area contributed by atoms with E-state index in [9.17, 15) is 9.59 Å². The Morgan fingerprint density at radius 2 is 1.77 bits per heavy atom. The van der Waals surface area contributed by atoms with Gasteiger partial charge in [0.25, 0.3) is 5.91 Å². The standard InChI is InChI=1S/C17H22ClNO3/c1-12-7-13(2)10-19(9-12)16(20)11-22-17(21)8-14-3-5-15(18)6-4-14/h3-6,12-13H,7-11H2,1-2H3/t12-,13-/m0/s1. The van der Waals surface area contributed by atoms with E-state index in [0.29, 0.717) is 16.9 Å². The van der Waals surface area contributed by atoms with Gasteiger partial charge in [-0.2, -0.15) is 0 Å². The van der Waals surface area contributed by atoms with Gasteiger partial charge < -0.3 is 9.64 Å². The Kier molecular flexibility index (Phi) is 5.83. The van der Waals surface area contributed by atoms with E-state index in [4.69, 9.17) is 16.3 Å². The Labute approximate surface area is 136 Å². The third kappa shape index (κ3) is 5.02. The molecule has 1 heterocycles. The summed E-state index contributed by atoms with van der Waals surface area (Å²) in [6.07, 6.45) is 1.29. The van der Waals surface area contributed by atoms with Crippen LogP contribution in [0.5, 0.6) is 0 Å². The third-order valence-corrected chi connectivity index (χ3v) is 4.09. The molecule has 1 saturated heterocycles. The summed E-state index contributed by atoms with van der Waals surface area (Å²) in [4.78, 5) is 25.7. The van der Waals surface area contributed by atoms with Gasteiger partial charge in [0.1, 0.15) is 0 Å². The lowest BCUT2D eigenvalue weighted by molar-refractivity contribution is -0.152. The fourth-order valence-corrected chi connectivity index (χ4v) is 3.05. The van der Waals surface area contributed by atoms with Gasteiger partial charge in [0.05, 0.1) is 6.42 Å². The van der Waals surface area contributed by atoms with Gasteiger partial charge in [0.2, 0.25) is 0 Å². The minimum atomic E-state index is -0.395. The van der Waals surface area contributed by atoms with Crippen molar-refractivity contribution in [2.75, 3.05) is 19.7 Å². The monoisotopic (exact) mass is 323 g/mol. The average Bonchev–Trinajstić information content (AvgIpc) is 2.46. The molecule has 22 heavy (non-hydrogen) atoms. The number of benzene rings is 1. The third-order valence-electron chi connectivity index (χ3n) is 3.84. The quantitative estimate of drug-likeness (QED) is 0.800. The smallest absolute Gasteiger partial charge is 0.310 e. The van der Waals surface area contributed by atoms with Gasteiger partial charge in [-0.15, -0.1) is 0 Å². The molecule has 1 aliphatic rings. The van der Waals surface area contributed by atoms with Crippen molar-refractivity contribution in [2.45, 2.75) is 26.7 Å². The van der Waals surface area contributed by atoms with Crippen molar-refractivity contribution in [3.8, 4) is 0 Å². The van der Waals surface area contributed by atoms with Crippen molar-refractivity contribution in [2.24, 2.45) is 11.8 Å². The summed E-state index contributed by atoms with van der Waals surface area (Å²) < 4.78 is 5.10. The minimum Gasteiger partial charge on any atom is -0.455 e. The summed E-state index contributed by atoms with van der Waals surface area (Å²) in [5.74, 6) is 0.492. The van der Waals surface area contributed by atoms with E-state index in [1.165, 1.54) is 0 Å². The van der Waals surface area contributed by atoms with Crippen molar-refractivity contribution >= 4 is 23.5 Å². The second kappa shape index (κ2) is 7.63. The van der Waals surface area contributed by atoms with Crippen LogP contribution in [0.2, 0.25) is 5.02 Å². The van der Waals surface area contributed by atoms with Crippen molar-refractivity contribution in [1.82, 2.24) is 4.90 Å². The average molecular weight is 324 g/mol. The Bertz CT molecular complexity index is 519. The van der Waals surface area contributed by atoms with Crippen LogP contribution in [0.25, 0.3) is 0 Å². The van der Waals surface area contributed by atoms with Crippen LogP contribution in [0.4, 0.5) is 0 Å². The van der Waals surface area contributed by atoms with Crippen LogP contribution in [0, 0.1) is 11.8 Å². The van der Waals surface area contributed by atoms with E-state index >= 15 is 0 Å².